The Labute approximate surface area is 282 Å². The molecule has 0 radical (unpaired) electrons. The van der Waals surface area contributed by atoms with E-state index in [1.807, 2.05) is 0 Å². The van der Waals surface area contributed by atoms with Crippen molar-refractivity contribution in [2.45, 2.75) is 130 Å². The standard InChI is InChI=1S/C16H26N4O9S.C16H36N/c1-16(2,3)28-15(23)18-6-10(7-18)9-27-17-13(21)12-5-4-11-8-19(12)14(22)20(11)29-30(24,25)26;1-5-9-13-17(14-10-6-2,15-11-7-3)16-12-8-4/h10-12H,4-9H2,1-3H3,(H,17,21)(H,24,25,26);5-16H2,1-4H3/q;+1/p-1/t11-,12+;/m1./s1. The summed E-state index contributed by atoms with van der Waals surface area (Å²) in [6.07, 6.45) is 11.2. The fourth-order valence-corrected chi connectivity index (χ4v) is 6.58. The minimum atomic E-state index is -5.09. The third kappa shape index (κ3) is 13.7. The number of carbonyl (C=O) groups is 3. The van der Waals surface area contributed by atoms with Crippen molar-refractivity contribution in [3.63, 3.8) is 0 Å². The van der Waals surface area contributed by atoms with Gasteiger partial charge < -0.3 is 23.6 Å². The first-order chi connectivity index (χ1) is 22.1. The molecule has 0 aromatic heterocycles. The Hall–Kier alpha value is -2.20. The van der Waals surface area contributed by atoms with E-state index in [1.54, 1.807) is 20.8 Å². The lowest BCUT2D eigenvalue weighted by molar-refractivity contribution is -0.929. The Morgan fingerprint density at radius 2 is 1.40 bits per heavy atom. The molecule has 274 valence electrons. The topological polar surface area (TPSA) is 158 Å². The first kappa shape index (κ1) is 41.0. The average molecular weight is 692 g/mol. The molecule has 47 heavy (non-hydrogen) atoms. The van der Waals surface area contributed by atoms with Gasteiger partial charge in [-0.2, -0.15) is 9.35 Å². The summed E-state index contributed by atoms with van der Waals surface area (Å²) in [5.41, 5.74) is 1.72. The number of rotatable bonds is 18. The van der Waals surface area contributed by atoms with E-state index in [9.17, 15) is 27.4 Å². The molecule has 3 heterocycles. The maximum atomic E-state index is 12.4. The molecule has 14 nitrogen and oxygen atoms in total. The predicted molar refractivity (Wildman–Crippen MR) is 176 cm³/mol. The zero-order valence-corrected chi connectivity index (χ0v) is 30.6. The fourth-order valence-electron chi connectivity index (χ4n) is 6.20. The van der Waals surface area contributed by atoms with E-state index in [0.717, 1.165) is 4.90 Å². The van der Waals surface area contributed by atoms with Crippen LogP contribution in [0.3, 0.4) is 0 Å². The molecule has 15 heteroatoms. The Morgan fingerprint density at radius 3 is 1.85 bits per heavy atom. The van der Waals surface area contributed by atoms with E-state index in [-0.39, 0.29) is 25.5 Å². The molecule has 2 bridgehead atoms. The van der Waals surface area contributed by atoms with Gasteiger partial charge in [-0.15, -0.1) is 0 Å². The number of quaternary nitrogens is 1. The number of fused-ring (bicyclic) bond motifs is 2. The predicted octanol–water partition coefficient (Wildman–Crippen LogP) is 4.57. The third-order valence-corrected chi connectivity index (χ3v) is 9.18. The van der Waals surface area contributed by atoms with Crippen molar-refractivity contribution >= 4 is 28.4 Å². The molecule has 3 rings (SSSR count). The smallest absolute Gasteiger partial charge is 0.410 e. The Kier molecular flexibility index (Phi) is 16.7. The van der Waals surface area contributed by atoms with Crippen LogP contribution in [0.4, 0.5) is 9.59 Å². The molecular weight excluding hydrogens is 630 g/mol. The number of nitrogens with zero attached hydrogens (tertiary/aromatic N) is 4. The molecular formula is C32H61N5O9S. The van der Waals surface area contributed by atoms with Gasteiger partial charge in [-0.25, -0.2) is 23.5 Å². The Balaban J connectivity index is 0.000000387. The Bertz CT molecular complexity index is 1060. The van der Waals surface area contributed by atoms with Crippen LogP contribution in [-0.2, 0) is 29.1 Å². The molecule has 3 fully saturated rings. The van der Waals surface area contributed by atoms with E-state index in [4.69, 9.17) is 9.57 Å². The minimum absolute atomic E-state index is 0.0353. The van der Waals surface area contributed by atoms with Crippen LogP contribution < -0.4 is 5.48 Å². The highest BCUT2D eigenvalue weighted by Gasteiger charge is 2.49. The zero-order chi connectivity index (χ0) is 35.3. The summed E-state index contributed by atoms with van der Waals surface area (Å²) in [7, 11) is -5.09. The van der Waals surface area contributed by atoms with Crippen LogP contribution in [-0.4, -0.2) is 120 Å². The highest BCUT2D eigenvalue weighted by molar-refractivity contribution is 7.80. The van der Waals surface area contributed by atoms with Gasteiger partial charge in [0.1, 0.15) is 11.6 Å². The van der Waals surface area contributed by atoms with Gasteiger partial charge in [0.15, 0.2) is 0 Å². The number of likely N-dealkylation sites (tertiary alicyclic amines) is 1. The summed E-state index contributed by atoms with van der Waals surface area (Å²) in [6, 6.07) is -2.33. The van der Waals surface area contributed by atoms with E-state index < -0.39 is 46.1 Å². The molecule has 0 unspecified atom stereocenters. The number of unbranched alkanes of at least 4 members (excludes halogenated alkanes) is 4. The number of hydrogen-bond donors (Lipinski definition) is 1. The summed E-state index contributed by atoms with van der Waals surface area (Å²) in [6.45, 7) is 21.5. The molecule has 0 aliphatic carbocycles. The molecule has 0 aromatic rings. The van der Waals surface area contributed by atoms with Gasteiger partial charge in [0.2, 0.25) is 10.4 Å². The number of nitrogens with one attached hydrogen (secondary N) is 1. The van der Waals surface area contributed by atoms with Crippen LogP contribution in [0.1, 0.15) is 113 Å². The number of hydrogen-bond acceptors (Lipinski definition) is 9. The summed E-state index contributed by atoms with van der Waals surface area (Å²) in [5.74, 6) is -0.523. The second-order valence-electron chi connectivity index (χ2n) is 14.2. The van der Waals surface area contributed by atoms with Gasteiger partial charge in [-0.1, -0.05) is 53.4 Å². The van der Waals surface area contributed by atoms with E-state index in [0.29, 0.717) is 24.6 Å². The van der Waals surface area contributed by atoms with E-state index in [1.165, 1.54) is 86.9 Å². The van der Waals surface area contributed by atoms with Crippen LogP contribution in [0.5, 0.6) is 0 Å². The number of piperidine rings is 1. The molecule has 4 amide bonds. The maximum absolute atomic E-state index is 12.4. The highest BCUT2D eigenvalue weighted by Crippen LogP contribution is 2.31. The van der Waals surface area contributed by atoms with Crippen LogP contribution >= 0.6 is 0 Å². The lowest BCUT2D eigenvalue weighted by Crippen LogP contribution is -2.54. The van der Waals surface area contributed by atoms with Crippen LogP contribution in [0.15, 0.2) is 0 Å². The van der Waals surface area contributed by atoms with Gasteiger partial charge in [0.05, 0.1) is 38.8 Å². The van der Waals surface area contributed by atoms with Crippen molar-refractivity contribution in [2.24, 2.45) is 5.92 Å². The van der Waals surface area contributed by atoms with Crippen molar-refractivity contribution in [2.75, 3.05) is 52.4 Å². The van der Waals surface area contributed by atoms with Crippen molar-refractivity contribution in [1.29, 1.82) is 0 Å². The average Bonchev–Trinajstić information content (AvgIpc) is 3.20. The molecule has 0 saturated carbocycles. The maximum Gasteiger partial charge on any atom is 0.410 e. The van der Waals surface area contributed by atoms with E-state index >= 15 is 0 Å². The minimum Gasteiger partial charge on any atom is -0.724 e. The quantitative estimate of drug-likeness (QED) is 0.0941. The lowest BCUT2D eigenvalue weighted by atomic mass is 10.0. The number of carbonyl (C=O) groups excluding carboxylic acids is 3. The summed E-state index contributed by atoms with van der Waals surface area (Å²) < 4.78 is 43.2. The van der Waals surface area contributed by atoms with Gasteiger partial charge in [-0.3, -0.25) is 9.63 Å². The van der Waals surface area contributed by atoms with Gasteiger partial charge in [-0.05, 0) is 59.3 Å². The van der Waals surface area contributed by atoms with Crippen LogP contribution in [0.25, 0.3) is 0 Å². The second-order valence-corrected chi connectivity index (χ2v) is 15.1. The number of urea groups is 1. The van der Waals surface area contributed by atoms with Crippen LogP contribution in [0.2, 0.25) is 0 Å². The monoisotopic (exact) mass is 691 g/mol. The van der Waals surface area contributed by atoms with Gasteiger partial charge in [0, 0.05) is 25.6 Å². The number of amides is 4. The second kappa shape index (κ2) is 19.1. The fraction of sp³-hybridized carbons (Fsp3) is 0.906. The van der Waals surface area contributed by atoms with Crippen molar-refractivity contribution in [3.8, 4) is 0 Å². The zero-order valence-electron chi connectivity index (χ0n) is 29.8. The SMILES string of the molecule is CC(C)(C)OC(=O)N1CC(CONC(=O)[C@@H]2CC[C@@H]3CN2C(=O)N3OS(=O)(=O)[O-])C1.CCCC[N+](CCCC)(CCCC)CCCC. The van der Waals surface area contributed by atoms with Crippen LogP contribution in [0, 0.1) is 5.92 Å². The number of ether oxygens (including phenoxy) is 1. The van der Waals surface area contributed by atoms with Gasteiger partial charge in [0.25, 0.3) is 5.91 Å². The van der Waals surface area contributed by atoms with E-state index in [2.05, 4.69) is 37.5 Å². The largest absolute Gasteiger partial charge is 0.724 e. The molecule has 3 aliphatic heterocycles. The van der Waals surface area contributed by atoms with Crippen molar-refractivity contribution in [1.82, 2.24) is 20.3 Å². The lowest BCUT2D eigenvalue weighted by Gasteiger charge is -2.39. The van der Waals surface area contributed by atoms with Gasteiger partial charge >= 0.3 is 12.1 Å². The molecule has 3 saturated heterocycles. The summed E-state index contributed by atoms with van der Waals surface area (Å²) in [4.78, 5) is 44.4. The Morgan fingerprint density at radius 1 is 0.894 bits per heavy atom. The molecule has 0 spiro atoms. The normalized spacial score (nSPS) is 20.1. The first-order valence-electron chi connectivity index (χ1n) is 17.6. The first-order valence-corrected chi connectivity index (χ1v) is 18.9. The molecule has 1 N–H and O–H groups in total. The summed E-state index contributed by atoms with van der Waals surface area (Å²) in [5, 5.41) is 0.510. The molecule has 0 aromatic carbocycles. The summed E-state index contributed by atoms with van der Waals surface area (Å²) >= 11 is 0. The highest BCUT2D eigenvalue weighted by atomic mass is 32.3. The van der Waals surface area contributed by atoms with Crippen molar-refractivity contribution < 1.29 is 45.7 Å². The number of hydroxylamine groups is 3. The molecule has 3 aliphatic rings. The third-order valence-electron chi connectivity index (χ3n) is 8.84. The molecule has 2 atom stereocenters. The van der Waals surface area contributed by atoms with Crippen molar-refractivity contribution in [3.05, 3.63) is 0 Å².